The summed E-state index contributed by atoms with van der Waals surface area (Å²) in [4.78, 5) is 0. The highest BCUT2D eigenvalue weighted by atomic mass is 32.2. The Morgan fingerprint density at radius 3 is 2.76 bits per heavy atom. The molecule has 0 fully saturated rings. The zero-order valence-electron chi connectivity index (χ0n) is 12.5. The molecule has 2 rings (SSSR count). The van der Waals surface area contributed by atoms with E-state index in [4.69, 9.17) is 9.15 Å². The van der Waals surface area contributed by atoms with Crippen LogP contribution in [0.4, 0.5) is 0 Å². The average Bonchev–Trinajstić information content (AvgIpc) is 2.87. The van der Waals surface area contributed by atoms with Gasteiger partial charge in [0.2, 0.25) is 0 Å². The van der Waals surface area contributed by atoms with E-state index in [1.165, 1.54) is 11.8 Å². The zero-order valence-corrected chi connectivity index (χ0v) is 13.3. The van der Waals surface area contributed by atoms with E-state index in [2.05, 4.69) is 10.2 Å². The fourth-order valence-electron chi connectivity index (χ4n) is 1.69. The van der Waals surface area contributed by atoms with Gasteiger partial charge in [-0.05, 0) is 39.3 Å². The van der Waals surface area contributed by atoms with Crippen LogP contribution >= 0.6 is 11.8 Å². The molecule has 0 aliphatic carbocycles. The van der Waals surface area contributed by atoms with Crippen LogP contribution in [0.2, 0.25) is 0 Å². The van der Waals surface area contributed by atoms with Crippen molar-refractivity contribution in [3.8, 4) is 17.2 Å². The summed E-state index contributed by atoms with van der Waals surface area (Å²) in [5, 5.41) is 18.3. The molecule has 6 heteroatoms. The van der Waals surface area contributed by atoms with E-state index in [1.807, 2.05) is 31.2 Å². The van der Waals surface area contributed by atoms with Crippen molar-refractivity contribution in [1.29, 1.82) is 0 Å². The molecule has 1 aromatic heterocycles. The quantitative estimate of drug-likeness (QED) is 0.791. The molecule has 114 valence electrons. The van der Waals surface area contributed by atoms with Crippen LogP contribution in [0.1, 0.15) is 27.2 Å². The highest BCUT2D eigenvalue weighted by Crippen LogP contribution is 2.31. The number of hydrogen-bond acceptors (Lipinski definition) is 6. The number of aliphatic hydroxyl groups is 1. The van der Waals surface area contributed by atoms with Gasteiger partial charge < -0.3 is 14.3 Å². The van der Waals surface area contributed by atoms with Crippen molar-refractivity contribution in [3.05, 3.63) is 24.3 Å². The van der Waals surface area contributed by atoms with Gasteiger partial charge in [-0.3, -0.25) is 0 Å². The minimum Gasteiger partial charge on any atom is -0.493 e. The molecule has 0 spiro atoms. The fourth-order valence-corrected chi connectivity index (χ4v) is 2.70. The number of para-hydroxylation sites is 1. The molecule has 0 amide bonds. The van der Waals surface area contributed by atoms with Crippen molar-refractivity contribution in [3.63, 3.8) is 0 Å². The van der Waals surface area contributed by atoms with Crippen LogP contribution < -0.4 is 4.74 Å². The van der Waals surface area contributed by atoms with Crippen LogP contribution in [-0.4, -0.2) is 33.3 Å². The van der Waals surface area contributed by atoms with E-state index >= 15 is 0 Å². The van der Waals surface area contributed by atoms with Gasteiger partial charge in [-0.1, -0.05) is 23.9 Å². The third-order valence-corrected chi connectivity index (χ3v) is 3.58. The second-order valence-electron chi connectivity index (χ2n) is 5.21. The van der Waals surface area contributed by atoms with Gasteiger partial charge in [0.05, 0.1) is 17.8 Å². The summed E-state index contributed by atoms with van der Waals surface area (Å²) in [6, 6.07) is 7.58. The second-order valence-corrected chi connectivity index (χ2v) is 6.26. The summed E-state index contributed by atoms with van der Waals surface area (Å²) in [6.45, 7) is 6.08. The molecule has 0 saturated carbocycles. The normalized spacial score (nSPS) is 11.6. The molecule has 5 nitrogen and oxygen atoms in total. The van der Waals surface area contributed by atoms with Crippen LogP contribution in [0, 0.1) is 0 Å². The fraction of sp³-hybridized carbons (Fsp3) is 0.467. The van der Waals surface area contributed by atoms with Gasteiger partial charge in [0, 0.05) is 5.75 Å². The van der Waals surface area contributed by atoms with E-state index in [9.17, 15) is 5.11 Å². The predicted octanol–water partition coefficient (Wildman–Crippen LogP) is 3.39. The van der Waals surface area contributed by atoms with E-state index in [0.29, 0.717) is 24.1 Å². The Labute approximate surface area is 128 Å². The molecule has 2 aromatic rings. The van der Waals surface area contributed by atoms with E-state index in [0.717, 1.165) is 17.1 Å². The smallest absolute Gasteiger partial charge is 0.276 e. The first kappa shape index (κ1) is 15.9. The van der Waals surface area contributed by atoms with E-state index < -0.39 is 5.60 Å². The molecule has 0 aliphatic heterocycles. The first-order valence-corrected chi connectivity index (χ1v) is 7.89. The molecule has 0 radical (unpaired) electrons. The number of benzene rings is 1. The summed E-state index contributed by atoms with van der Waals surface area (Å²) < 4.78 is 11.2. The first-order chi connectivity index (χ1) is 9.99. The molecular formula is C15H20N2O3S. The largest absolute Gasteiger partial charge is 0.493 e. The first-order valence-electron chi connectivity index (χ1n) is 6.90. The Morgan fingerprint density at radius 2 is 2.05 bits per heavy atom. The van der Waals surface area contributed by atoms with Gasteiger partial charge in [0.15, 0.2) is 0 Å². The van der Waals surface area contributed by atoms with Crippen LogP contribution in [0.25, 0.3) is 11.5 Å². The zero-order chi connectivity index (χ0) is 15.3. The van der Waals surface area contributed by atoms with Gasteiger partial charge in [-0.2, -0.15) is 0 Å². The number of ether oxygens (including phenoxy) is 1. The van der Waals surface area contributed by atoms with Crippen molar-refractivity contribution in [1.82, 2.24) is 10.2 Å². The molecule has 21 heavy (non-hydrogen) atoms. The average molecular weight is 308 g/mol. The van der Waals surface area contributed by atoms with Crippen molar-refractivity contribution < 1.29 is 14.3 Å². The lowest BCUT2D eigenvalue weighted by Gasteiger charge is -2.15. The van der Waals surface area contributed by atoms with Crippen molar-refractivity contribution in [2.24, 2.45) is 0 Å². The summed E-state index contributed by atoms with van der Waals surface area (Å²) in [5.41, 5.74) is 0.110. The highest BCUT2D eigenvalue weighted by molar-refractivity contribution is 7.99. The summed E-state index contributed by atoms with van der Waals surface area (Å²) in [5.74, 6) is 1.90. The summed E-state index contributed by atoms with van der Waals surface area (Å²) in [6.07, 6.45) is 0.658. The monoisotopic (exact) mass is 308 g/mol. The molecule has 0 unspecified atom stereocenters. The highest BCUT2D eigenvalue weighted by Gasteiger charge is 2.16. The maximum Gasteiger partial charge on any atom is 0.276 e. The van der Waals surface area contributed by atoms with Crippen molar-refractivity contribution in [2.75, 3.05) is 12.4 Å². The standard InChI is InChI=1S/C15H20N2O3S/c1-4-19-12-8-6-5-7-11(12)13-16-17-14(20-13)21-10-9-15(2,3)18/h5-8,18H,4,9-10H2,1-3H3. The third kappa shape index (κ3) is 4.75. The van der Waals surface area contributed by atoms with Crippen LogP contribution in [0.5, 0.6) is 5.75 Å². The third-order valence-electron chi connectivity index (χ3n) is 2.76. The lowest BCUT2D eigenvalue weighted by molar-refractivity contribution is 0.0777. The second kappa shape index (κ2) is 6.95. The van der Waals surface area contributed by atoms with E-state index in [-0.39, 0.29) is 0 Å². The van der Waals surface area contributed by atoms with Crippen LogP contribution in [-0.2, 0) is 0 Å². The van der Waals surface area contributed by atoms with E-state index in [1.54, 1.807) is 13.8 Å². The van der Waals surface area contributed by atoms with Gasteiger partial charge >= 0.3 is 0 Å². The minimum absolute atomic E-state index is 0.449. The number of nitrogens with zero attached hydrogens (tertiary/aromatic N) is 2. The molecule has 0 bridgehead atoms. The summed E-state index contributed by atoms with van der Waals surface area (Å²) in [7, 11) is 0. The Morgan fingerprint density at radius 1 is 1.29 bits per heavy atom. The Hall–Kier alpha value is -1.53. The Kier molecular flexibility index (Phi) is 5.25. The maximum absolute atomic E-state index is 9.68. The molecule has 1 aromatic carbocycles. The number of aromatic nitrogens is 2. The van der Waals surface area contributed by atoms with Crippen LogP contribution in [0.3, 0.4) is 0 Å². The van der Waals surface area contributed by atoms with Gasteiger partial charge in [0.1, 0.15) is 5.75 Å². The lowest BCUT2D eigenvalue weighted by atomic mass is 10.1. The SMILES string of the molecule is CCOc1ccccc1-c1nnc(SCCC(C)(C)O)o1. The summed E-state index contributed by atoms with van der Waals surface area (Å²) >= 11 is 1.44. The molecule has 1 heterocycles. The molecule has 0 saturated heterocycles. The Bertz CT molecular complexity index is 578. The molecule has 0 atom stereocenters. The lowest BCUT2D eigenvalue weighted by Crippen LogP contribution is -2.18. The molecule has 1 N–H and O–H groups in total. The Balaban J connectivity index is 2.06. The topological polar surface area (TPSA) is 68.4 Å². The van der Waals surface area contributed by atoms with Gasteiger partial charge in [-0.25, -0.2) is 0 Å². The number of hydrogen-bond donors (Lipinski definition) is 1. The van der Waals surface area contributed by atoms with Crippen molar-refractivity contribution in [2.45, 2.75) is 38.0 Å². The number of thioether (sulfide) groups is 1. The van der Waals surface area contributed by atoms with Crippen molar-refractivity contribution >= 4 is 11.8 Å². The maximum atomic E-state index is 9.68. The minimum atomic E-state index is -0.683. The van der Waals surface area contributed by atoms with Gasteiger partial charge in [0.25, 0.3) is 11.1 Å². The predicted molar refractivity (Wildman–Crippen MR) is 82.5 cm³/mol. The molecular weight excluding hydrogens is 288 g/mol. The van der Waals surface area contributed by atoms with Crippen LogP contribution in [0.15, 0.2) is 33.9 Å². The number of rotatable bonds is 7. The van der Waals surface area contributed by atoms with Gasteiger partial charge in [-0.15, -0.1) is 10.2 Å². The molecule has 0 aliphatic rings.